The van der Waals surface area contributed by atoms with Gasteiger partial charge in [-0.25, -0.2) is 4.99 Å². The van der Waals surface area contributed by atoms with Gasteiger partial charge in [0, 0.05) is 58.9 Å². The number of hydrogen-bond acceptors (Lipinski definition) is 2. The molecule has 1 aliphatic rings. The van der Waals surface area contributed by atoms with E-state index in [1.165, 1.54) is 16.5 Å². The Balaban J connectivity index is 1.38. The van der Waals surface area contributed by atoms with Crippen molar-refractivity contribution >= 4 is 39.6 Å². The van der Waals surface area contributed by atoms with Gasteiger partial charge in [0.15, 0.2) is 0 Å². The Labute approximate surface area is 204 Å². The lowest BCUT2D eigenvalue weighted by atomic mass is 10.1. The van der Waals surface area contributed by atoms with Crippen molar-refractivity contribution in [2.45, 2.75) is 13.3 Å². The number of carbonyl (C=O) groups is 1. The van der Waals surface area contributed by atoms with Crippen molar-refractivity contribution in [2.75, 3.05) is 6.54 Å². The van der Waals surface area contributed by atoms with E-state index in [2.05, 4.69) is 59.1 Å². The average molecular weight is 459 g/mol. The standard InChI is InChI=1S/C30H26N4O/c1-20-11-13-21(14-12-20)29-32-27(17-23-19-33(2)28-10-6-4-8-25(23)28)30(35)34(29)16-15-22-18-31-26-9-5-3-7-24(22)26/h3-14,17-19,31H,15-16H2,1-2H3. The van der Waals surface area contributed by atoms with Gasteiger partial charge in [-0.2, -0.15) is 0 Å². The number of hydrogen-bond donors (Lipinski definition) is 1. The lowest BCUT2D eigenvalue weighted by Crippen LogP contribution is -2.34. The monoisotopic (exact) mass is 458 g/mol. The molecule has 3 heterocycles. The van der Waals surface area contributed by atoms with Gasteiger partial charge in [-0.05, 0) is 37.1 Å². The highest BCUT2D eigenvalue weighted by Crippen LogP contribution is 2.27. The number of fused-ring (bicyclic) bond motifs is 2. The molecule has 2 aromatic heterocycles. The number of aryl methyl sites for hydroxylation is 2. The predicted octanol–water partition coefficient (Wildman–Crippen LogP) is 5.84. The van der Waals surface area contributed by atoms with Gasteiger partial charge in [0.1, 0.15) is 11.5 Å². The van der Waals surface area contributed by atoms with Gasteiger partial charge in [0.2, 0.25) is 0 Å². The Kier molecular flexibility index (Phi) is 5.10. The van der Waals surface area contributed by atoms with E-state index in [4.69, 9.17) is 4.99 Å². The number of aliphatic imine (C=N–C) groups is 1. The fraction of sp³-hybridized carbons (Fsp3) is 0.133. The molecule has 1 aliphatic heterocycles. The Morgan fingerprint density at radius 2 is 1.69 bits per heavy atom. The number of carbonyl (C=O) groups excluding carboxylic acids is 1. The number of para-hydroxylation sites is 2. The van der Waals surface area contributed by atoms with Crippen LogP contribution in [0.4, 0.5) is 0 Å². The van der Waals surface area contributed by atoms with E-state index in [1.54, 1.807) is 0 Å². The number of amides is 1. The zero-order valence-corrected chi connectivity index (χ0v) is 19.8. The minimum atomic E-state index is -0.0617. The number of nitrogens with one attached hydrogen (secondary N) is 1. The third-order valence-electron chi connectivity index (χ3n) is 6.76. The topological polar surface area (TPSA) is 53.4 Å². The van der Waals surface area contributed by atoms with Crippen molar-refractivity contribution in [3.05, 3.63) is 113 Å². The molecule has 1 N–H and O–H groups in total. The molecule has 5 aromatic rings. The molecule has 5 heteroatoms. The van der Waals surface area contributed by atoms with Gasteiger partial charge in [0.25, 0.3) is 5.91 Å². The van der Waals surface area contributed by atoms with E-state index in [1.807, 2.05) is 60.6 Å². The number of aromatic nitrogens is 2. The first-order valence-corrected chi connectivity index (χ1v) is 11.9. The molecular formula is C30H26N4O. The van der Waals surface area contributed by atoms with Crippen LogP contribution >= 0.6 is 0 Å². The molecule has 0 aliphatic carbocycles. The minimum absolute atomic E-state index is 0.0617. The summed E-state index contributed by atoms with van der Waals surface area (Å²) in [6.45, 7) is 2.62. The van der Waals surface area contributed by atoms with E-state index < -0.39 is 0 Å². The molecular weight excluding hydrogens is 432 g/mol. The molecule has 6 rings (SSSR count). The van der Waals surface area contributed by atoms with E-state index in [9.17, 15) is 4.79 Å². The largest absolute Gasteiger partial charge is 0.361 e. The second kappa shape index (κ2) is 8.44. The van der Waals surface area contributed by atoms with Gasteiger partial charge in [-0.3, -0.25) is 9.69 Å². The van der Waals surface area contributed by atoms with Crippen LogP contribution in [0.5, 0.6) is 0 Å². The summed E-state index contributed by atoms with van der Waals surface area (Å²) in [4.78, 5) is 23.7. The van der Waals surface area contributed by atoms with Gasteiger partial charge < -0.3 is 9.55 Å². The SMILES string of the molecule is Cc1ccc(C2=NC(=Cc3cn(C)c4ccccc34)C(=O)N2CCc2c[nH]c3ccccc23)cc1. The first-order chi connectivity index (χ1) is 17.1. The highest BCUT2D eigenvalue weighted by Gasteiger charge is 2.31. The van der Waals surface area contributed by atoms with E-state index in [0.29, 0.717) is 18.1 Å². The molecule has 0 spiro atoms. The van der Waals surface area contributed by atoms with Crippen molar-refractivity contribution in [1.29, 1.82) is 0 Å². The third kappa shape index (κ3) is 3.75. The van der Waals surface area contributed by atoms with Crippen molar-refractivity contribution in [3.8, 4) is 0 Å². The van der Waals surface area contributed by atoms with Gasteiger partial charge in [-0.15, -0.1) is 0 Å². The lowest BCUT2D eigenvalue weighted by Gasteiger charge is -2.18. The van der Waals surface area contributed by atoms with Crippen LogP contribution in [0.25, 0.3) is 27.9 Å². The lowest BCUT2D eigenvalue weighted by molar-refractivity contribution is -0.122. The summed E-state index contributed by atoms with van der Waals surface area (Å²) >= 11 is 0. The maximum Gasteiger partial charge on any atom is 0.278 e. The summed E-state index contributed by atoms with van der Waals surface area (Å²) in [6.07, 6.45) is 6.76. The second-order valence-electron chi connectivity index (χ2n) is 9.11. The molecule has 0 fully saturated rings. The van der Waals surface area contributed by atoms with Gasteiger partial charge in [-0.1, -0.05) is 66.2 Å². The Morgan fingerprint density at radius 3 is 2.51 bits per heavy atom. The van der Waals surface area contributed by atoms with Gasteiger partial charge >= 0.3 is 0 Å². The first kappa shape index (κ1) is 21.2. The molecule has 172 valence electrons. The van der Waals surface area contributed by atoms with Crippen LogP contribution in [0.3, 0.4) is 0 Å². The molecule has 0 saturated carbocycles. The zero-order valence-electron chi connectivity index (χ0n) is 19.8. The predicted molar refractivity (Wildman–Crippen MR) is 142 cm³/mol. The Hall–Kier alpha value is -4.38. The van der Waals surface area contributed by atoms with Crippen molar-refractivity contribution in [1.82, 2.24) is 14.5 Å². The Morgan fingerprint density at radius 1 is 0.943 bits per heavy atom. The van der Waals surface area contributed by atoms with Crippen LogP contribution < -0.4 is 0 Å². The molecule has 35 heavy (non-hydrogen) atoms. The molecule has 0 atom stereocenters. The molecule has 0 unspecified atom stereocenters. The van der Waals surface area contributed by atoms with Gasteiger partial charge in [0.05, 0.1) is 0 Å². The van der Waals surface area contributed by atoms with Crippen LogP contribution in [-0.2, 0) is 18.3 Å². The fourth-order valence-corrected chi connectivity index (χ4v) is 4.89. The molecule has 3 aromatic carbocycles. The quantitative estimate of drug-likeness (QED) is 0.331. The minimum Gasteiger partial charge on any atom is -0.361 e. The molecule has 0 bridgehead atoms. The van der Waals surface area contributed by atoms with Crippen LogP contribution in [0.15, 0.2) is 95.9 Å². The number of aromatic amines is 1. The van der Waals surface area contributed by atoms with Crippen LogP contribution in [0, 0.1) is 6.92 Å². The van der Waals surface area contributed by atoms with Crippen LogP contribution in [-0.4, -0.2) is 32.7 Å². The highest BCUT2D eigenvalue weighted by atomic mass is 16.2. The van der Waals surface area contributed by atoms with E-state index in [0.717, 1.165) is 34.0 Å². The molecule has 5 nitrogen and oxygen atoms in total. The van der Waals surface area contributed by atoms with E-state index in [-0.39, 0.29) is 5.91 Å². The Bertz CT molecular complexity index is 1630. The van der Waals surface area contributed by atoms with Crippen molar-refractivity contribution in [3.63, 3.8) is 0 Å². The summed E-state index contributed by atoms with van der Waals surface area (Å²) in [5.74, 6) is 0.648. The summed E-state index contributed by atoms with van der Waals surface area (Å²) in [5, 5.41) is 2.30. The summed E-state index contributed by atoms with van der Waals surface area (Å²) in [7, 11) is 2.02. The first-order valence-electron chi connectivity index (χ1n) is 11.9. The molecule has 1 amide bonds. The third-order valence-corrected chi connectivity index (χ3v) is 6.76. The summed E-state index contributed by atoms with van der Waals surface area (Å²) in [5.41, 5.74) is 7.03. The van der Waals surface area contributed by atoms with Crippen LogP contribution in [0.1, 0.15) is 22.3 Å². The van der Waals surface area contributed by atoms with Crippen molar-refractivity contribution in [2.24, 2.45) is 12.0 Å². The maximum atomic E-state index is 13.7. The van der Waals surface area contributed by atoms with E-state index >= 15 is 0 Å². The number of rotatable bonds is 5. The smallest absolute Gasteiger partial charge is 0.278 e. The number of benzene rings is 3. The number of H-pyrrole nitrogens is 1. The molecule has 0 radical (unpaired) electrons. The fourth-order valence-electron chi connectivity index (χ4n) is 4.89. The van der Waals surface area contributed by atoms with Crippen LogP contribution in [0.2, 0.25) is 0 Å². The summed E-state index contributed by atoms with van der Waals surface area (Å²) < 4.78 is 2.08. The maximum absolute atomic E-state index is 13.7. The number of nitrogens with zero attached hydrogens (tertiary/aromatic N) is 3. The normalized spacial score (nSPS) is 15.0. The number of amidine groups is 1. The summed E-state index contributed by atoms with van der Waals surface area (Å²) in [6, 6.07) is 24.7. The molecule has 0 saturated heterocycles. The average Bonchev–Trinajstić information content (AvgIpc) is 3.53. The zero-order chi connectivity index (χ0) is 23.9. The highest BCUT2D eigenvalue weighted by molar-refractivity contribution is 6.20. The second-order valence-corrected chi connectivity index (χ2v) is 9.11. The van der Waals surface area contributed by atoms with Crippen molar-refractivity contribution < 1.29 is 4.79 Å².